The molecule has 2 rings (SSSR count). The molecule has 0 radical (unpaired) electrons. The van der Waals surface area contributed by atoms with Gasteiger partial charge in [-0.25, -0.2) is 0 Å². The van der Waals surface area contributed by atoms with E-state index >= 15 is 0 Å². The van der Waals surface area contributed by atoms with Crippen LogP contribution in [-0.2, 0) is 0 Å². The molecular weight excluding hydrogens is 252 g/mol. The van der Waals surface area contributed by atoms with Crippen molar-refractivity contribution in [1.82, 2.24) is 9.97 Å². The maximum atomic E-state index is 5.84. The molecule has 0 fully saturated rings. The summed E-state index contributed by atoms with van der Waals surface area (Å²) in [6.45, 7) is 4.69. The molecule has 3 N–H and O–H groups in total. The van der Waals surface area contributed by atoms with E-state index in [1.165, 1.54) is 0 Å². The summed E-state index contributed by atoms with van der Waals surface area (Å²) < 4.78 is 5.52. The summed E-state index contributed by atoms with van der Waals surface area (Å²) in [5.41, 5.74) is 7.36. The molecule has 0 aliphatic rings. The molecule has 106 valence electrons. The Morgan fingerprint density at radius 1 is 1.30 bits per heavy atom. The summed E-state index contributed by atoms with van der Waals surface area (Å²) in [6, 6.07) is 9.54. The van der Waals surface area contributed by atoms with Crippen molar-refractivity contribution < 1.29 is 4.74 Å². The second kappa shape index (κ2) is 6.75. The highest BCUT2D eigenvalue weighted by molar-refractivity contribution is 5.54. The minimum absolute atomic E-state index is 0.0614. The predicted octanol–water partition coefficient (Wildman–Crippen LogP) is 3.02. The zero-order valence-corrected chi connectivity index (χ0v) is 11.8. The number of hydrogen-bond donors (Lipinski definition) is 2. The summed E-state index contributed by atoms with van der Waals surface area (Å²) in [4.78, 5) is 8.71. The van der Waals surface area contributed by atoms with E-state index in [9.17, 15) is 0 Å². The number of nitrogens with one attached hydrogen (secondary N) is 1. The van der Waals surface area contributed by atoms with Crippen LogP contribution in [0, 0.1) is 0 Å². The highest BCUT2D eigenvalue weighted by Gasteiger charge is 2.09. The van der Waals surface area contributed by atoms with E-state index in [2.05, 4.69) is 15.3 Å². The predicted molar refractivity (Wildman–Crippen MR) is 80.7 cm³/mol. The molecule has 0 aliphatic heterocycles. The quantitative estimate of drug-likeness (QED) is 0.845. The van der Waals surface area contributed by atoms with Gasteiger partial charge in [-0.1, -0.05) is 13.0 Å². The number of rotatable bonds is 6. The molecule has 2 heterocycles. The Morgan fingerprint density at radius 2 is 2.15 bits per heavy atom. The number of anilines is 2. The van der Waals surface area contributed by atoms with Gasteiger partial charge in [0.15, 0.2) is 0 Å². The third kappa shape index (κ3) is 3.60. The lowest BCUT2D eigenvalue weighted by atomic mass is 10.2. The van der Waals surface area contributed by atoms with Crippen LogP contribution in [0.4, 0.5) is 11.5 Å². The smallest absolute Gasteiger partial charge is 0.239 e. The van der Waals surface area contributed by atoms with Crippen LogP contribution in [0.3, 0.4) is 0 Å². The Hall–Kier alpha value is -2.30. The van der Waals surface area contributed by atoms with Crippen LogP contribution in [0.5, 0.6) is 5.88 Å². The van der Waals surface area contributed by atoms with Gasteiger partial charge < -0.3 is 15.8 Å². The maximum Gasteiger partial charge on any atom is 0.239 e. The van der Waals surface area contributed by atoms with E-state index in [1.807, 2.05) is 38.1 Å². The lowest BCUT2D eigenvalue weighted by Gasteiger charge is -2.15. The Morgan fingerprint density at radius 3 is 2.85 bits per heavy atom. The fourth-order valence-corrected chi connectivity index (χ4v) is 1.77. The second-order valence-corrected chi connectivity index (χ2v) is 4.56. The Labute approximate surface area is 119 Å². The fourth-order valence-electron chi connectivity index (χ4n) is 1.77. The molecule has 0 bridgehead atoms. The standard InChI is InChI=1S/C15H20N4O/c1-3-10-20-15-12(16)7-8-14(19-15)18-11(2)13-6-4-5-9-17-13/h4-9,11H,3,10,16H2,1-2H3,(H,18,19). The van der Waals surface area contributed by atoms with Crippen molar-refractivity contribution in [3.63, 3.8) is 0 Å². The maximum absolute atomic E-state index is 5.84. The molecule has 2 aromatic rings. The average Bonchev–Trinajstić information content (AvgIpc) is 2.48. The van der Waals surface area contributed by atoms with Gasteiger partial charge in [-0.05, 0) is 37.6 Å². The number of pyridine rings is 2. The minimum atomic E-state index is 0.0614. The molecule has 0 amide bonds. The molecule has 0 saturated carbocycles. The van der Waals surface area contributed by atoms with Gasteiger partial charge in [0.25, 0.3) is 0 Å². The number of nitrogens with zero attached hydrogens (tertiary/aromatic N) is 2. The van der Waals surface area contributed by atoms with Gasteiger partial charge in [-0.2, -0.15) is 4.98 Å². The van der Waals surface area contributed by atoms with Crippen molar-refractivity contribution >= 4 is 11.5 Å². The minimum Gasteiger partial charge on any atom is -0.476 e. The number of ether oxygens (including phenoxy) is 1. The molecule has 0 aliphatic carbocycles. The summed E-state index contributed by atoms with van der Waals surface area (Å²) in [7, 11) is 0. The second-order valence-electron chi connectivity index (χ2n) is 4.56. The van der Waals surface area contributed by atoms with Crippen molar-refractivity contribution in [2.24, 2.45) is 0 Å². The van der Waals surface area contributed by atoms with Crippen LogP contribution < -0.4 is 15.8 Å². The van der Waals surface area contributed by atoms with Gasteiger partial charge in [0.2, 0.25) is 5.88 Å². The van der Waals surface area contributed by atoms with Crippen molar-refractivity contribution in [1.29, 1.82) is 0 Å². The number of nitrogens with two attached hydrogens (primary N) is 1. The molecular formula is C15H20N4O. The molecule has 5 nitrogen and oxygen atoms in total. The van der Waals surface area contributed by atoms with Crippen LogP contribution in [0.1, 0.15) is 32.0 Å². The number of aromatic nitrogens is 2. The van der Waals surface area contributed by atoms with E-state index in [0.29, 0.717) is 18.2 Å². The highest BCUT2D eigenvalue weighted by atomic mass is 16.5. The monoisotopic (exact) mass is 272 g/mol. The molecule has 1 atom stereocenters. The normalized spacial score (nSPS) is 11.9. The third-order valence-electron chi connectivity index (χ3n) is 2.83. The van der Waals surface area contributed by atoms with Crippen LogP contribution in [0.15, 0.2) is 36.5 Å². The van der Waals surface area contributed by atoms with Gasteiger partial charge >= 0.3 is 0 Å². The first-order valence-electron chi connectivity index (χ1n) is 6.77. The third-order valence-corrected chi connectivity index (χ3v) is 2.83. The molecule has 0 aromatic carbocycles. The van der Waals surface area contributed by atoms with Crippen molar-refractivity contribution in [2.45, 2.75) is 26.3 Å². The van der Waals surface area contributed by atoms with Gasteiger partial charge in [-0.15, -0.1) is 0 Å². The summed E-state index contributed by atoms with van der Waals surface area (Å²) in [5.74, 6) is 1.20. The lowest BCUT2D eigenvalue weighted by molar-refractivity contribution is 0.307. The molecule has 2 aromatic heterocycles. The van der Waals surface area contributed by atoms with E-state index in [-0.39, 0.29) is 6.04 Å². The van der Waals surface area contributed by atoms with Gasteiger partial charge in [0, 0.05) is 6.20 Å². The van der Waals surface area contributed by atoms with Crippen molar-refractivity contribution in [3.8, 4) is 5.88 Å². The Balaban J connectivity index is 2.09. The fraction of sp³-hybridized carbons (Fsp3) is 0.333. The van der Waals surface area contributed by atoms with Crippen LogP contribution in [0.2, 0.25) is 0 Å². The van der Waals surface area contributed by atoms with E-state index in [1.54, 1.807) is 12.3 Å². The van der Waals surface area contributed by atoms with Crippen molar-refractivity contribution in [3.05, 3.63) is 42.2 Å². The largest absolute Gasteiger partial charge is 0.476 e. The zero-order chi connectivity index (χ0) is 14.4. The topological polar surface area (TPSA) is 73.1 Å². The van der Waals surface area contributed by atoms with E-state index in [0.717, 1.165) is 17.9 Å². The molecule has 0 spiro atoms. The van der Waals surface area contributed by atoms with Crippen molar-refractivity contribution in [2.75, 3.05) is 17.7 Å². The van der Waals surface area contributed by atoms with Gasteiger partial charge in [0.05, 0.1) is 24.0 Å². The van der Waals surface area contributed by atoms with Crippen LogP contribution >= 0.6 is 0 Å². The van der Waals surface area contributed by atoms with Gasteiger partial charge in [-0.3, -0.25) is 4.98 Å². The van der Waals surface area contributed by atoms with E-state index in [4.69, 9.17) is 10.5 Å². The first kappa shape index (κ1) is 14.1. The summed E-state index contributed by atoms with van der Waals surface area (Å²) >= 11 is 0. The van der Waals surface area contributed by atoms with Crippen LogP contribution in [0.25, 0.3) is 0 Å². The Bertz CT molecular complexity index is 545. The Kier molecular flexibility index (Phi) is 4.76. The number of hydrogen-bond acceptors (Lipinski definition) is 5. The molecule has 5 heteroatoms. The molecule has 20 heavy (non-hydrogen) atoms. The van der Waals surface area contributed by atoms with Crippen LogP contribution in [-0.4, -0.2) is 16.6 Å². The van der Waals surface area contributed by atoms with Gasteiger partial charge in [0.1, 0.15) is 5.82 Å². The lowest BCUT2D eigenvalue weighted by Crippen LogP contribution is -2.10. The zero-order valence-electron chi connectivity index (χ0n) is 11.8. The number of nitrogen functional groups attached to an aromatic ring is 1. The highest BCUT2D eigenvalue weighted by Crippen LogP contribution is 2.23. The average molecular weight is 272 g/mol. The first-order chi connectivity index (χ1) is 9.70. The first-order valence-corrected chi connectivity index (χ1v) is 6.77. The SMILES string of the molecule is CCCOc1nc(NC(C)c2ccccn2)ccc1N. The van der Waals surface area contributed by atoms with E-state index < -0.39 is 0 Å². The molecule has 1 unspecified atom stereocenters. The molecule has 0 saturated heterocycles. The summed E-state index contributed by atoms with van der Waals surface area (Å²) in [5, 5.41) is 3.29. The summed E-state index contributed by atoms with van der Waals surface area (Å²) in [6.07, 6.45) is 2.70.